The molecule has 2 aromatic heterocycles. The van der Waals surface area contributed by atoms with Crippen LogP contribution < -0.4 is 26.8 Å². The van der Waals surface area contributed by atoms with E-state index in [1.165, 1.54) is 40.0 Å². The summed E-state index contributed by atoms with van der Waals surface area (Å²) in [5, 5.41) is 10.5. The van der Waals surface area contributed by atoms with E-state index in [9.17, 15) is 28.8 Å². The summed E-state index contributed by atoms with van der Waals surface area (Å²) in [6.45, 7) is 4.37. The molecular weight excluding hydrogens is 518 g/mol. The molecule has 1 aliphatic carbocycles. The van der Waals surface area contributed by atoms with Gasteiger partial charge in [0, 0.05) is 32.3 Å². The molecule has 0 aliphatic heterocycles. The second kappa shape index (κ2) is 14.2. The molecule has 0 unspecified atom stereocenters. The van der Waals surface area contributed by atoms with E-state index in [0.717, 1.165) is 25.7 Å². The number of nitrogens with one attached hydrogen (secondary N) is 4. The molecule has 40 heavy (non-hydrogen) atoms. The van der Waals surface area contributed by atoms with Crippen LogP contribution in [0.4, 0.5) is 5.69 Å². The van der Waals surface area contributed by atoms with Crippen molar-refractivity contribution in [2.45, 2.75) is 71.0 Å². The number of ketones is 1. The third-order valence-electron chi connectivity index (χ3n) is 6.83. The summed E-state index contributed by atoms with van der Waals surface area (Å²) in [5.74, 6) is -2.79. The highest BCUT2D eigenvalue weighted by atomic mass is 16.2. The number of aromatic nitrogens is 3. The third-order valence-corrected chi connectivity index (χ3v) is 6.83. The van der Waals surface area contributed by atoms with Crippen LogP contribution >= 0.6 is 0 Å². The Hall–Kier alpha value is -4.29. The fraction of sp³-hybridized carbons (Fsp3) is 0.519. The molecule has 0 bridgehead atoms. The SMILES string of the molecule is CCC(CC)CNC(=O)Cn1cccc(NC(=O)[C@H](CCC(=O)C(=O)NC2CC2)NC(=O)c2cncn2C)c1=O. The summed E-state index contributed by atoms with van der Waals surface area (Å²) >= 11 is 0. The first-order chi connectivity index (χ1) is 19.1. The average Bonchev–Trinajstić information content (AvgIpc) is 3.64. The van der Waals surface area contributed by atoms with E-state index in [0.29, 0.717) is 12.5 Å². The number of amides is 4. The molecule has 1 saturated carbocycles. The molecule has 0 spiro atoms. The molecular formula is C27H37N7O6. The Balaban J connectivity index is 1.69. The van der Waals surface area contributed by atoms with Crippen LogP contribution in [0, 0.1) is 5.92 Å². The monoisotopic (exact) mass is 555 g/mol. The smallest absolute Gasteiger partial charge is 0.287 e. The molecule has 3 rings (SSSR count). The Kier molecular flexibility index (Phi) is 10.7. The van der Waals surface area contributed by atoms with Crippen LogP contribution in [0.25, 0.3) is 0 Å². The van der Waals surface area contributed by atoms with E-state index < -0.39 is 35.1 Å². The molecule has 2 aromatic rings. The minimum absolute atomic E-state index is 0.00198. The predicted octanol–water partition coefficient (Wildman–Crippen LogP) is 0.499. The average molecular weight is 556 g/mol. The number of hydrogen-bond donors (Lipinski definition) is 4. The van der Waals surface area contributed by atoms with Crippen molar-refractivity contribution in [3.05, 3.63) is 46.9 Å². The van der Waals surface area contributed by atoms with Crippen molar-refractivity contribution >= 4 is 35.1 Å². The first kappa shape index (κ1) is 30.3. The molecule has 1 atom stereocenters. The van der Waals surface area contributed by atoms with Crippen molar-refractivity contribution in [2.24, 2.45) is 13.0 Å². The predicted molar refractivity (Wildman–Crippen MR) is 146 cm³/mol. The Morgan fingerprint density at radius 2 is 1.85 bits per heavy atom. The van der Waals surface area contributed by atoms with Crippen molar-refractivity contribution in [3.63, 3.8) is 0 Å². The molecule has 0 aromatic carbocycles. The summed E-state index contributed by atoms with van der Waals surface area (Å²) in [6.07, 6.45) is 7.20. The summed E-state index contributed by atoms with van der Waals surface area (Å²) in [7, 11) is 1.61. The number of carbonyl (C=O) groups is 5. The van der Waals surface area contributed by atoms with E-state index in [1.807, 2.05) is 13.8 Å². The molecule has 0 radical (unpaired) electrons. The minimum atomic E-state index is -1.24. The highest BCUT2D eigenvalue weighted by molar-refractivity contribution is 6.36. The number of rotatable bonds is 15. The molecule has 1 aliphatic rings. The molecule has 1 fully saturated rings. The second-order valence-corrected chi connectivity index (χ2v) is 9.96. The van der Waals surface area contributed by atoms with Crippen LogP contribution in [0.2, 0.25) is 0 Å². The van der Waals surface area contributed by atoms with Gasteiger partial charge in [-0.25, -0.2) is 4.98 Å². The number of carbonyl (C=O) groups excluding carboxylic acids is 5. The van der Waals surface area contributed by atoms with Gasteiger partial charge in [-0.3, -0.25) is 28.8 Å². The zero-order valence-corrected chi connectivity index (χ0v) is 23.1. The lowest BCUT2D eigenvalue weighted by Crippen LogP contribution is -2.46. The lowest BCUT2D eigenvalue weighted by Gasteiger charge is -2.18. The lowest BCUT2D eigenvalue weighted by atomic mass is 10.0. The van der Waals surface area contributed by atoms with Crippen LogP contribution in [-0.4, -0.2) is 62.2 Å². The zero-order valence-electron chi connectivity index (χ0n) is 23.1. The van der Waals surface area contributed by atoms with Gasteiger partial charge >= 0.3 is 0 Å². The molecule has 0 saturated heterocycles. The van der Waals surface area contributed by atoms with Gasteiger partial charge in [0.25, 0.3) is 17.4 Å². The highest BCUT2D eigenvalue weighted by Crippen LogP contribution is 2.18. The Morgan fingerprint density at radius 1 is 1.12 bits per heavy atom. The number of Topliss-reactive ketones (excluding diaryl/α,β-unsaturated/α-hetero) is 1. The lowest BCUT2D eigenvalue weighted by molar-refractivity contribution is -0.138. The van der Waals surface area contributed by atoms with Crippen molar-refractivity contribution in [2.75, 3.05) is 11.9 Å². The number of imidazole rings is 1. The molecule has 13 nitrogen and oxygen atoms in total. The Morgan fingerprint density at radius 3 is 2.48 bits per heavy atom. The fourth-order valence-electron chi connectivity index (χ4n) is 3.98. The fourth-order valence-corrected chi connectivity index (χ4v) is 3.98. The Bertz CT molecular complexity index is 1290. The summed E-state index contributed by atoms with van der Waals surface area (Å²) in [4.78, 5) is 79.7. The van der Waals surface area contributed by atoms with E-state index in [4.69, 9.17) is 0 Å². The van der Waals surface area contributed by atoms with Crippen LogP contribution in [0.3, 0.4) is 0 Å². The van der Waals surface area contributed by atoms with Gasteiger partial charge in [0.1, 0.15) is 24.0 Å². The minimum Gasteiger partial charge on any atom is -0.354 e. The van der Waals surface area contributed by atoms with Gasteiger partial charge in [-0.1, -0.05) is 26.7 Å². The van der Waals surface area contributed by atoms with Gasteiger partial charge in [-0.2, -0.15) is 0 Å². The van der Waals surface area contributed by atoms with Crippen molar-refractivity contribution < 1.29 is 24.0 Å². The van der Waals surface area contributed by atoms with E-state index in [1.54, 1.807) is 7.05 Å². The molecule has 13 heteroatoms. The number of anilines is 1. The molecule has 216 valence electrons. The van der Waals surface area contributed by atoms with Gasteiger partial charge in [0.2, 0.25) is 17.6 Å². The van der Waals surface area contributed by atoms with E-state index in [-0.39, 0.29) is 42.7 Å². The molecule has 4 amide bonds. The standard InChI is InChI=1S/C27H37N7O6/c1-4-17(5-2)13-29-23(36)15-34-12-6-7-20(27(34)40)32-24(37)19(31-25(38)21-14-28-16-33(21)3)10-11-22(35)26(39)30-18-8-9-18/h6-7,12,14,16-19H,4-5,8-11,13,15H2,1-3H3,(H,29,36)(H,30,39)(H,31,38)(H,32,37)/t19-/m0/s1. The first-order valence-electron chi connectivity index (χ1n) is 13.5. The van der Waals surface area contributed by atoms with Crippen molar-refractivity contribution in [3.8, 4) is 0 Å². The third kappa shape index (κ3) is 8.61. The quantitative estimate of drug-likeness (QED) is 0.232. The summed E-state index contributed by atoms with van der Waals surface area (Å²) in [6, 6.07) is 1.66. The molecule has 4 N–H and O–H groups in total. The highest BCUT2D eigenvalue weighted by Gasteiger charge is 2.29. The van der Waals surface area contributed by atoms with Gasteiger partial charge in [0.15, 0.2) is 0 Å². The maximum Gasteiger partial charge on any atom is 0.287 e. The second-order valence-electron chi connectivity index (χ2n) is 9.96. The summed E-state index contributed by atoms with van der Waals surface area (Å²) in [5.41, 5.74) is -0.528. The number of aryl methyl sites for hydroxylation is 1. The Labute approximate surface area is 232 Å². The number of nitrogens with zero attached hydrogens (tertiary/aromatic N) is 3. The van der Waals surface area contributed by atoms with Crippen LogP contribution in [-0.2, 0) is 32.8 Å². The van der Waals surface area contributed by atoms with Gasteiger partial charge in [-0.15, -0.1) is 0 Å². The van der Waals surface area contributed by atoms with Crippen molar-refractivity contribution in [1.29, 1.82) is 0 Å². The topological polar surface area (TPSA) is 173 Å². The van der Waals surface area contributed by atoms with Crippen LogP contribution in [0.5, 0.6) is 0 Å². The number of hydrogen-bond acceptors (Lipinski definition) is 7. The first-order valence-corrected chi connectivity index (χ1v) is 13.5. The van der Waals surface area contributed by atoms with Gasteiger partial charge < -0.3 is 30.4 Å². The van der Waals surface area contributed by atoms with E-state index in [2.05, 4.69) is 26.3 Å². The zero-order chi connectivity index (χ0) is 29.2. The van der Waals surface area contributed by atoms with Crippen LogP contribution in [0.1, 0.15) is 62.9 Å². The normalized spacial score (nSPS) is 13.4. The maximum atomic E-state index is 13.2. The largest absolute Gasteiger partial charge is 0.354 e. The molecule has 2 heterocycles. The van der Waals surface area contributed by atoms with Gasteiger partial charge in [-0.05, 0) is 37.3 Å². The number of pyridine rings is 1. The van der Waals surface area contributed by atoms with Crippen molar-refractivity contribution in [1.82, 2.24) is 30.1 Å². The van der Waals surface area contributed by atoms with Gasteiger partial charge in [0.05, 0.1) is 12.5 Å². The van der Waals surface area contributed by atoms with E-state index >= 15 is 0 Å². The van der Waals surface area contributed by atoms with Crippen LogP contribution in [0.15, 0.2) is 35.6 Å². The maximum absolute atomic E-state index is 13.2. The summed E-state index contributed by atoms with van der Waals surface area (Å²) < 4.78 is 2.63.